The van der Waals surface area contributed by atoms with Crippen LogP contribution in [0.3, 0.4) is 0 Å². The van der Waals surface area contributed by atoms with Gasteiger partial charge >= 0.3 is 0 Å². The predicted molar refractivity (Wildman–Crippen MR) is 80.4 cm³/mol. The monoisotopic (exact) mass is 261 g/mol. The molecule has 3 unspecified atom stereocenters. The summed E-state index contributed by atoms with van der Waals surface area (Å²) in [5.74, 6) is 0.589. The second kappa shape index (κ2) is 7.06. The van der Waals surface area contributed by atoms with E-state index < -0.39 is 0 Å². The van der Waals surface area contributed by atoms with Crippen molar-refractivity contribution in [3.63, 3.8) is 0 Å². The standard InChI is InChI=1S/C17H27NO/c1-4-5-6-14-7-9-15(10-8-14)17(18-3)16-11-12-19-13(16)2/h7-10,13,16-18H,4-6,11-12H2,1-3H3. The minimum Gasteiger partial charge on any atom is -0.378 e. The van der Waals surface area contributed by atoms with Gasteiger partial charge in [-0.2, -0.15) is 0 Å². The fraction of sp³-hybridized carbons (Fsp3) is 0.647. The molecule has 1 saturated heterocycles. The number of aryl methyl sites for hydroxylation is 1. The highest BCUT2D eigenvalue weighted by molar-refractivity contribution is 5.26. The summed E-state index contributed by atoms with van der Waals surface area (Å²) in [4.78, 5) is 0. The molecule has 2 nitrogen and oxygen atoms in total. The Morgan fingerprint density at radius 1 is 1.32 bits per heavy atom. The van der Waals surface area contributed by atoms with Crippen molar-refractivity contribution in [1.82, 2.24) is 5.32 Å². The van der Waals surface area contributed by atoms with Crippen molar-refractivity contribution in [3.05, 3.63) is 35.4 Å². The third kappa shape index (κ3) is 3.58. The van der Waals surface area contributed by atoms with Crippen LogP contribution in [-0.4, -0.2) is 19.8 Å². The lowest BCUT2D eigenvalue weighted by atomic mass is 9.88. The molecule has 2 heteroatoms. The van der Waals surface area contributed by atoms with E-state index in [1.807, 2.05) is 0 Å². The van der Waals surface area contributed by atoms with E-state index in [4.69, 9.17) is 4.74 Å². The first-order chi connectivity index (χ1) is 9.26. The van der Waals surface area contributed by atoms with Crippen molar-refractivity contribution in [2.45, 2.75) is 51.7 Å². The van der Waals surface area contributed by atoms with E-state index >= 15 is 0 Å². The Bertz CT molecular complexity index is 373. The molecule has 1 aromatic carbocycles. The van der Waals surface area contributed by atoms with Crippen LogP contribution >= 0.6 is 0 Å². The van der Waals surface area contributed by atoms with Gasteiger partial charge in [0.15, 0.2) is 0 Å². The maximum absolute atomic E-state index is 5.71. The Hall–Kier alpha value is -0.860. The second-order valence-electron chi connectivity index (χ2n) is 5.64. The summed E-state index contributed by atoms with van der Waals surface area (Å²) in [5, 5.41) is 3.47. The summed E-state index contributed by atoms with van der Waals surface area (Å²) in [7, 11) is 2.06. The van der Waals surface area contributed by atoms with Crippen LogP contribution in [0.2, 0.25) is 0 Å². The van der Waals surface area contributed by atoms with Crippen molar-refractivity contribution in [2.24, 2.45) is 5.92 Å². The van der Waals surface area contributed by atoms with Gasteiger partial charge in [-0.05, 0) is 44.4 Å². The van der Waals surface area contributed by atoms with Gasteiger partial charge in [0.05, 0.1) is 6.10 Å². The van der Waals surface area contributed by atoms with Crippen molar-refractivity contribution < 1.29 is 4.74 Å². The summed E-state index contributed by atoms with van der Waals surface area (Å²) < 4.78 is 5.71. The molecule has 0 bridgehead atoms. The normalized spacial score (nSPS) is 24.6. The van der Waals surface area contributed by atoms with Gasteiger partial charge in [-0.3, -0.25) is 0 Å². The minimum absolute atomic E-state index is 0.359. The van der Waals surface area contributed by atoms with E-state index in [2.05, 4.69) is 50.5 Å². The first-order valence-electron chi connectivity index (χ1n) is 7.64. The first-order valence-corrected chi connectivity index (χ1v) is 7.64. The lowest BCUT2D eigenvalue weighted by Crippen LogP contribution is -2.29. The summed E-state index contributed by atoms with van der Waals surface area (Å²) in [5.41, 5.74) is 2.85. The highest BCUT2D eigenvalue weighted by atomic mass is 16.5. The number of rotatable bonds is 6. The lowest BCUT2D eigenvalue weighted by molar-refractivity contribution is 0.0963. The summed E-state index contributed by atoms with van der Waals surface area (Å²) in [6.45, 7) is 5.34. The van der Waals surface area contributed by atoms with Crippen LogP contribution in [0.25, 0.3) is 0 Å². The number of hydrogen-bond donors (Lipinski definition) is 1. The Labute approximate surface area is 117 Å². The van der Waals surface area contributed by atoms with Gasteiger partial charge in [0, 0.05) is 18.6 Å². The van der Waals surface area contributed by atoms with Crippen LogP contribution in [0.15, 0.2) is 24.3 Å². The fourth-order valence-electron chi connectivity index (χ4n) is 3.09. The fourth-order valence-corrected chi connectivity index (χ4v) is 3.09. The van der Waals surface area contributed by atoms with Crippen LogP contribution in [0.4, 0.5) is 0 Å². The van der Waals surface area contributed by atoms with Crippen LogP contribution in [0.5, 0.6) is 0 Å². The van der Waals surface area contributed by atoms with Gasteiger partial charge in [-0.1, -0.05) is 37.6 Å². The first kappa shape index (κ1) is 14.5. The van der Waals surface area contributed by atoms with E-state index in [0.29, 0.717) is 18.1 Å². The van der Waals surface area contributed by atoms with E-state index in [-0.39, 0.29) is 0 Å². The maximum Gasteiger partial charge on any atom is 0.0594 e. The Kier molecular flexibility index (Phi) is 5.41. The Balaban J connectivity index is 2.06. The summed E-state index contributed by atoms with van der Waals surface area (Å²) in [6.07, 6.45) is 5.26. The van der Waals surface area contributed by atoms with Crippen LogP contribution in [0, 0.1) is 5.92 Å². The van der Waals surface area contributed by atoms with Crippen molar-refractivity contribution in [3.8, 4) is 0 Å². The van der Waals surface area contributed by atoms with E-state index in [0.717, 1.165) is 13.0 Å². The van der Waals surface area contributed by atoms with Gasteiger partial charge in [0.1, 0.15) is 0 Å². The molecule has 106 valence electrons. The summed E-state index contributed by atoms with van der Waals surface area (Å²) >= 11 is 0. The third-order valence-corrected chi connectivity index (χ3v) is 4.33. The smallest absolute Gasteiger partial charge is 0.0594 e. The molecule has 19 heavy (non-hydrogen) atoms. The van der Waals surface area contributed by atoms with Crippen LogP contribution < -0.4 is 5.32 Å². The molecule has 1 aliphatic heterocycles. The molecule has 1 fully saturated rings. The van der Waals surface area contributed by atoms with E-state index in [1.54, 1.807) is 0 Å². The minimum atomic E-state index is 0.359. The molecule has 0 spiro atoms. The van der Waals surface area contributed by atoms with Crippen LogP contribution in [-0.2, 0) is 11.2 Å². The quantitative estimate of drug-likeness (QED) is 0.843. The number of ether oxygens (including phenoxy) is 1. The number of unbranched alkanes of at least 4 members (excludes halogenated alkanes) is 1. The largest absolute Gasteiger partial charge is 0.378 e. The average Bonchev–Trinajstić information content (AvgIpc) is 2.85. The summed E-state index contributed by atoms with van der Waals surface area (Å²) in [6, 6.07) is 9.57. The highest BCUT2D eigenvalue weighted by Gasteiger charge is 2.31. The average molecular weight is 261 g/mol. The topological polar surface area (TPSA) is 21.3 Å². The molecule has 1 heterocycles. The Morgan fingerprint density at radius 3 is 2.58 bits per heavy atom. The van der Waals surface area contributed by atoms with Crippen molar-refractivity contribution >= 4 is 0 Å². The van der Waals surface area contributed by atoms with Crippen LogP contribution in [0.1, 0.15) is 50.3 Å². The molecule has 2 rings (SSSR count). The SMILES string of the molecule is CCCCc1ccc(C(NC)C2CCOC2C)cc1. The van der Waals surface area contributed by atoms with Gasteiger partial charge in [-0.15, -0.1) is 0 Å². The second-order valence-corrected chi connectivity index (χ2v) is 5.64. The van der Waals surface area contributed by atoms with E-state index in [9.17, 15) is 0 Å². The molecule has 0 saturated carbocycles. The molecule has 1 aliphatic rings. The molecule has 3 atom stereocenters. The molecule has 0 amide bonds. The zero-order valence-electron chi connectivity index (χ0n) is 12.5. The van der Waals surface area contributed by atoms with Gasteiger partial charge in [-0.25, -0.2) is 0 Å². The highest BCUT2D eigenvalue weighted by Crippen LogP contribution is 2.33. The van der Waals surface area contributed by atoms with Crippen molar-refractivity contribution in [2.75, 3.05) is 13.7 Å². The lowest BCUT2D eigenvalue weighted by Gasteiger charge is -2.26. The van der Waals surface area contributed by atoms with Gasteiger partial charge in [0.25, 0.3) is 0 Å². The zero-order valence-corrected chi connectivity index (χ0v) is 12.5. The Morgan fingerprint density at radius 2 is 2.05 bits per heavy atom. The number of nitrogens with one attached hydrogen (secondary N) is 1. The van der Waals surface area contributed by atoms with E-state index in [1.165, 1.54) is 30.4 Å². The van der Waals surface area contributed by atoms with Crippen molar-refractivity contribution in [1.29, 1.82) is 0 Å². The molecule has 0 aliphatic carbocycles. The zero-order chi connectivity index (χ0) is 13.7. The molecule has 1 aromatic rings. The molecule has 0 aromatic heterocycles. The number of hydrogen-bond acceptors (Lipinski definition) is 2. The predicted octanol–water partition coefficient (Wildman–Crippen LogP) is 3.71. The number of benzene rings is 1. The maximum atomic E-state index is 5.71. The third-order valence-electron chi connectivity index (χ3n) is 4.33. The molecule has 0 radical (unpaired) electrons. The molecule has 1 N–H and O–H groups in total. The van der Waals surface area contributed by atoms with Gasteiger partial charge < -0.3 is 10.1 Å². The van der Waals surface area contributed by atoms with Gasteiger partial charge in [0.2, 0.25) is 0 Å². The molecular weight excluding hydrogens is 234 g/mol. The molecular formula is C17H27NO.